The molecule has 0 unspecified atom stereocenters. The Hall–Kier alpha value is -1.60. The molecule has 1 aliphatic heterocycles. The van der Waals surface area contributed by atoms with E-state index in [2.05, 4.69) is 11.1 Å². The molecule has 0 aromatic carbocycles. The van der Waals surface area contributed by atoms with Crippen molar-refractivity contribution in [3.8, 4) is 6.07 Å². The Morgan fingerprint density at radius 1 is 1.69 bits per heavy atom. The Morgan fingerprint density at radius 3 is 3.25 bits per heavy atom. The number of nitriles is 1. The first kappa shape index (κ1) is 10.9. The van der Waals surface area contributed by atoms with Gasteiger partial charge in [-0.25, -0.2) is 4.98 Å². The SMILES string of the molecule is CN(C[C@H]1CCOC1)c1ncccc1C#N. The number of nitrogens with zero attached hydrogens (tertiary/aromatic N) is 3. The summed E-state index contributed by atoms with van der Waals surface area (Å²) >= 11 is 0. The lowest BCUT2D eigenvalue weighted by molar-refractivity contribution is 0.186. The van der Waals surface area contributed by atoms with Gasteiger partial charge in [0.05, 0.1) is 12.2 Å². The summed E-state index contributed by atoms with van der Waals surface area (Å²) in [5, 5.41) is 8.99. The predicted molar refractivity (Wildman–Crippen MR) is 61.1 cm³/mol. The maximum absolute atomic E-state index is 8.99. The second-order valence-electron chi connectivity index (χ2n) is 4.10. The molecule has 4 heteroatoms. The molecule has 0 N–H and O–H groups in total. The summed E-state index contributed by atoms with van der Waals surface area (Å²) in [6.45, 7) is 2.57. The minimum absolute atomic E-state index is 0.554. The zero-order chi connectivity index (χ0) is 11.4. The monoisotopic (exact) mass is 217 g/mol. The predicted octanol–water partition coefficient (Wildman–Crippen LogP) is 1.43. The Morgan fingerprint density at radius 2 is 2.56 bits per heavy atom. The average molecular weight is 217 g/mol. The molecule has 1 aromatic rings. The summed E-state index contributed by atoms with van der Waals surface area (Å²) in [7, 11) is 1.97. The van der Waals surface area contributed by atoms with Crippen molar-refractivity contribution in [2.45, 2.75) is 6.42 Å². The highest BCUT2D eigenvalue weighted by Crippen LogP contribution is 2.19. The van der Waals surface area contributed by atoms with Crippen LogP contribution in [0.15, 0.2) is 18.3 Å². The summed E-state index contributed by atoms with van der Waals surface area (Å²) < 4.78 is 5.34. The maximum atomic E-state index is 8.99. The fourth-order valence-corrected chi connectivity index (χ4v) is 1.99. The highest BCUT2D eigenvalue weighted by Gasteiger charge is 2.19. The van der Waals surface area contributed by atoms with E-state index in [0.29, 0.717) is 11.5 Å². The molecule has 1 aliphatic rings. The summed E-state index contributed by atoms with van der Waals surface area (Å²) in [6.07, 6.45) is 2.82. The Labute approximate surface area is 95.5 Å². The number of rotatable bonds is 3. The average Bonchev–Trinajstić information content (AvgIpc) is 2.81. The minimum atomic E-state index is 0.554. The first-order valence-electron chi connectivity index (χ1n) is 5.45. The Bertz CT molecular complexity index is 393. The largest absolute Gasteiger partial charge is 0.381 e. The number of aromatic nitrogens is 1. The third-order valence-corrected chi connectivity index (χ3v) is 2.82. The lowest BCUT2D eigenvalue weighted by Crippen LogP contribution is -2.27. The molecule has 4 nitrogen and oxygen atoms in total. The lowest BCUT2D eigenvalue weighted by atomic mass is 10.1. The van der Waals surface area contributed by atoms with Crippen molar-refractivity contribution >= 4 is 5.82 Å². The summed E-state index contributed by atoms with van der Waals surface area (Å²) in [4.78, 5) is 6.29. The van der Waals surface area contributed by atoms with Crippen LogP contribution in [0.1, 0.15) is 12.0 Å². The van der Waals surface area contributed by atoms with E-state index in [1.165, 1.54) is 0 Å². The van der Waals surface area contributed by atoms with Gasteiger partial charge in [0.1, 0.15) is 11.9 Å². The first-order chi connectivity index (χ1) is 7.81. The summed E-state index contributed by atoms with van der Waals surface area (Å²) in [6, 6.07) is 5.75. The van der Waals surface area contributed by atoms with E-state index in [4.69, 9.17) is 10.00 Å². The van der Waals surface area contributed by atoms with Crippen molar-refractivity contribution in [2.24, 2.45) is 5.92 Å². The molecule has 84 valence electrons. The lowest BCUT2D eigenvalue weighted by Gasteiger charge is -2.21. The third kappa shape index (κ3) is 2.31. The van der Waals surface area contributed by atoms with Gasteiger partial charge in [0.2, 0.25) is 0 Å². The highest BCUT2D eigenvalue weighted by atomic mass is 16.5. The van der Waals surface area contributed by atoms with E-state index in [1.807, 2.05) is 11.9 Å². The molecule has 1 saturated heterocycles. The van der Waals surface area contributed by atoms with Crippen LogP contribution in [-0.2, 0) is 4.74 Å². The van der Waals surface area contributed by atoms with E-state index in [1.54, 1.807) is 18.3 Å². The zero-order valence-electron chi connectivity index (χ0n) is 9.39. The number of anilines is 1. The fraction of sp³-hybridized carbons (Fsp3) is 0.500. The van der Waals surface area contributed by atoms with Gasteiger partial charge in [0.25, 0.3) is 0 Å². The van der Waals surface area contributed by atoms with Crippen LogP contribution in [0.4, 0.5) is 5.82 Å². The zero-order valence-corrected chi connectivity index (χ0v) is 9.39. The van der Waals surface area contributed by atoms with E-state index in [-0.39, 0.29) is 0 Å². The molecule has 0 radical (unpaired) electrons. The molecule has 0 bridgehead atoms. The first-order valence-corrected chi connectivity index (χ1v) is 5.45. The van der Waals surface area contributed by atoms with Crippen molar-refractivity contribution in [1.29, 1.82) is 5.26 Å². The van der Waals surface area contributed by atoms with Gasteiger partial charge < -0.3 is 9.64 Å². The molecule has 1 atom stereocenters. The smallest absolute Gasteiger partial charge is 0.146 e. The van der Waals surface area contributed by atoms with Crippen LogP contribution in [-0.4, -0.2) is 31.8 Å². The van der Waals surface area contributed by atoms with Crippen LogP contribution in [0.2, 0.25) is 0 Å². The van der Waals surface area contributed by atoms with Gasteiger partial charge in [-0.2, -0.15) is 5.26 Å². The van der Waals surface area contributed by atoms with Crippen molar-refractivity contribution < 1.29 is 4.74 Å². The van der Waals surface area contributed by atoms with Gasteiger partial charge in [-0.15, -0.1) is 0 Å². The van der Waals surface area contributed by atoms with Gasteiger partial charge in [-0.3, -0.25) is 0 Å². The van der Waals surface area contributed by atoms with E-state index in [9.17, 15) is 0 Å². The third-order valence-electron chi connectivity index (χ3n) is 2.82. The maximum Gasteiger partial charge on any atom is 0.146 e. The van der Waals surface area contributed by atoms with Crippen molar-refractivity contribution in [2.75, 3.05) is 31.7 Å². The van der Waals surface area contributed by atoms with Crippen molar-refractivity contribution in [1.82, 2.24) is 4.98 Å². The Kier molecular flexibility index (Phi) is 3.37. The summed E-state index contributed by atoms with van der Waals surface area (Å²) in [5.41, 5.74) is 0.629. The standard InChI is InChI=1S/C12H15N3O/c1-15(8-10-4-6-16-9-10)12-11(7-13)3-2-5-14-12/h2-3,5,10H,4,6,8-9H2,1H3/t10-/m1/s1. The van der Waals surface area contributed by atoms with Gasteiger partial charge in [-0.1, -0.05) is 0 Å². The molecular formula is C12H15N3O. The molecule has 16 heavy (non-hydrogen) atoms. The van der Waals surface area contributed by atoms with Crippen LogP contribution in [0, 0.1) is 17.2 Å². The van der Waals surface area contributed by atoms with Gasteiger partial charge in [0, 0.05) is 32.3 Å². The van der Waals surface area contributed by atoms with E-state index >= 15 is 0 Å². The van der Waals surface area contributed by atoms with E-state index in [0.717, 1.165) is 32.0 Å². The fourth-order valence-electron chi connectivity index (χ4n) is 1.99. The van der Waals surface area contributed by atoms with Crippen LogP contribution in [0.3, 0.4) is 0 Å². The number of hydrogen-bond acceptors (Lipinski definition) is 4. The molecule has 1 aromatic heterocycles. The quantitative estimate of drug-likeness (QED) is 0.768. The molecule has 0 spiro atoms. The number of pyridine rings is 1. The summed E-state index contributed by atoms with van der Waals surface area (Å²) in [5.74, 6) is 1.32. The number of hydrogen-bond donors (Lipinski definition) is 0. The molecule has 2 rings (SSSR count). The molecule has 0 aliphatic carbocycles. The Balaban J connectivity index is 2.08. The molecule has 2 heterocycles. The topological polar surface area (TPSA) is 49.1 Å². The second kappa shape index (κ2) is 4.95. The van der Waals surface area contributed by atoms with Gasteiger partial charge in [-0.05, 0) is 18.6 Å². The van der Waals surface area contributed by atoms with Gasteiger partial charge in [0.15, 0.2) is 0 Å². The molecule has 1 fully saturated rings. The highest BCUT2D eigenvalue weighted by molar-refractivity contribution is 5.52. The minimum Gasteiger partial charge on any atom is -0.381 e. The van der Waals surface area contributed by atoms with E-state index < -0.39 is 0 Å². The van der Waals surface area contributed by atoms with Crippen molar-refractivity contribution in [3.05, 3.63) is 23.9 Å². The molecule has 0 amide bonds. The van der Waals surface area contributed by atoms with Crippen LogP contribution >= 0.6 is 0 Å². The number of ether oxygens (including phenoxy) is 1. The van der Waals surface area contributed by atoms with Crippen LogP contribution in [0.25, 0.3) is 0 Å². The second-order valence-corrected chi connectivity index (χ2v) is 4.10. The van der Waals surface area contributed by atoms with Crippen LogP contribution < -0.4 is 4.90 Å². The molecular weight excluding hydrogens is 202 g/mol. The normalized spacial score (nSPS) is 19.4. The molecule has 0 saturated carbocycles. The van der Waals surface area contributed by atoms with Crippen LogP contribution in [0.5, 0.6) is 0 Å². The van der Waals surface area contributed by atoms with Crippen molar-refractivity contribution in [3.63, 3.8) is 0 Å². The van der Waals surface area contributed by atoms with Gasteiger partial charge >= 0.3 is 0 Å².